The molecule has 0 N–H and O–H groups in total. The molecule has 37 heavy (non-hydrogen) atoms. The third-order valence-electron chi connectivity index (χ3n) is 8.87. The zero-order valence-corrected chi connectivity index (χ0v) is 19.9. The highest BCUT2D eigenvalue weighted by atomic mass is 15.0. The Kier molecular flexibility index (Phi) is 3.07. The van der Waals surface area contributed by atoms with Gasteiger partial charge in [0.25, 0.3) is 0 Å². The molecule has 2 aromatic heterocycles. The van der Waals surface area contributed by atoms with Crippen LogP contribution in [-0.2, 0) is 0 Å². The van der Waals surface area contributed by atoms with Crippen LogP contribution >= 0.6 is 0 Å². The number of para-hydroxylation sites is 4. The first-order valence-corrected chi connectivity index (χ1v) is 13.0. The molecule has 0 saturated heterocycles. The van der Waals surface area contributed by atoms with E-state index in [1.165, 1.54) is 82.1 Å². The van der Waals surface area contributed by atoms with Gasteiger partial charge < -0.3 is 9.05 Å². The summed E-state index contributed by atoms with van der Waals surface area (Å²) in [5.41, 5.74) is 12.1. The highest BCUT2D eigenvalue weighted by molar-refractivity contribution is 6.90. The van der Waals surface area contributed by atoms with Crippen LogP contribution in [0.3, 0.4) is 0 Å². The van der Waals surface area contributed by atoms with E-state index in [2.05, 4.69) is 124 Å². The zero-order valence-electron chi connectivity index (χ0n) is 19.9. The molecule has 2 nitrogen and oxygen atoms in total. The quantitative estimate of drug-likeness (QED) is 0.213. The number of rotatable bonds is 0. The Morgan fingerprint density at radius 1 is 0.486 bits per heavy atom. The molecule has 8 aromatic rings. The van der Waals surface area contributed by atoms with E-state index in [9.17, 15) is 0 Å². The minimum Gasteiger partial charge on any atom is -0.375 e. The van der Waals surface area contributed by atoms with Crippen LogP contribution in [0, 0.1) is 0 Å². The Bertz CT molecular complexity index is 2320. The third kappa shape index (κ3) is 1.94. The van der Waals surface area contributed by atoms with E-state index in [0.717, 1.165) is 0 Å². The summed E-state index contributed by atoms with van der Waals surface area (Å²) in [7, 11) is 0. The summed E-state index contributed by atoms with van der Waals surface area (Å²) in [6.45, 7) is 0.118. The maximum atomic E-state index is 2.64. The molecule has 4 heterocycles. The minimum atomic E-state index is 0.118. The highest BCUT2D eigenvalue weighted by Crippen LogP contribution is 2.47. The Morgan fingerprint density at radius 2 is 1.16 bits per heavy atom. The number of benzene rings is 6. The second-order valence-electron chi connectivity index (χ2n) is 10.5. The number of nitrogens with zero attached hydrogens (tertiary/aromatic N) is 2. The Hall–Kier alpha value is -4.76. The molecular weight excluding hydrogens is 447 g/mol. The van der Waals surface area contributed by atoms with Gasteiger partial charge in [-0.2, -0.15) is 0 Å². The van der Waals surface area contributed by atoms with Crippen LogP contribution in [0.25, 0.3) is 71.2 Å². The molecule has 168 valence electrons. The van der Waals surface area contributed by atoms with E-state index < -0.39 is 0 Å². The number of hydrogen-bond donors (Lipinski definition) is 0. The van der Waals surface area contributed by atoms with E-state index in [-0.39, 0.29) is 6.85 Å². The lowest BCUT2D eigenvalue weighted by molar-refractivity contribution is 1.18. The van der Waals surface area contributed by atoms with Crippen molar-refractivity contribution >= 4 is 72.2 Å². The molecule has 0 spiro atoms. The molecule has 0 saturated carbocycles. The smallest absolute Gasteiger partial charge is 0.333 e. The van der Waals surface area contributed by atoms with Crippen LogP contribution in [0.4, 0.5) is 0 Å². The van der Waals surface area contributed by atoms with Gasteiger partial charge in [0, 0.05) is 43.8 Å². The van der Waals surface area contributed by atoms with Gasteiger partial charge in [-0.25, -0.2) is 0 Å². The lowest BCUT2D eigenvalue weighted by Crippen LogP contribution is -2.55. The maximum Gasteiger partial charge on any atom is 0.333 e. The fourth-order valence-electron chi connectivity index (χ4n) is 7.63. The van der Waals surface area contributed by atoms with Gasteiger partial charge in [-0.15, -0.1) is 0 Å². The Balaban J connectivity index is 1.61. The largest absolute Gasteiger partial charge is 0.375 e. The minimum absolute atomic E-state index is 0.118. The monoisotopic (exact) mass is 466 g/mol. The summed E-state index contributed by atoms with van der Waals surface area (Å²) >= 11 is 0. The van der Waals surface area contributed by atoms with Crippen molar-refractivity contribution in [3.8, 4) is 16.8 Å². The van der Waals surface area contributed by atoms with Gasteiger partial charge >= 0.3 is 6.85 Å². The third-order valence-corrected chi connectivity index (χ3v) is 8.87. The van der Waals surface area contributed by atoms with Crippen LogP contribution in [0.5, 0.6) is 0 Å². The van der Waals surface area contributed by atoms with Gasteiger partial charge in [-0.1, -0.05) is 97.1 Å². The predicted molar refractivity (Wildman–Crippen MR) is 157 cm³/mol. The van der Waals surface area contributed by atoms with Gasteiger partial charge in [-0.3, -0.25) is 0 Å². The second-order valence-corrected chi connectivity index (χ2v) is 10.5. The molecule has 0 aliphatic carbocycles. The van der Waals surface area contributed by atoms with Crippen molar-refractivity contribution in [3.63, 3.8) is 0 Å². The molecule has 2 aliphatic heterocycles. The molecule has 0 bridgehead atoms. The van der Waals surface area contributed by atoms with Crippen molar-refractivity contribution in [1.29, 1.82) is 0 Å². The SMILES string of the molecule is c1ccc2c(c1)B1c3c(c4ccccc4c4c5ccccc5n-2c34)-c2cccc3c4ccccc4n1c23. The standard InChI is InChI=1S/C34H19BN2/c1-2-12-22-21(11-1)30-25-15-9-14-23-20-10-3-7-18-28(20)37(33(23)25)35-26-16-5-8-19-29(26)36-27-17-6-4-13-24(27)31(22)34(36)32(30)35/h1-19H. The summed E-state index contributed by atoms with van der Waals surface area (Å²) in [4.78, 5) is 0. The van der Waals surface area contributed by atoms with Crippen LogP contribution in [-0.4, -0.2) is 15.9 Å². The molecule has 0 atom stereocenters. The summed E-state index contributed by atoms with van der Waals surface area (Å²) < 4.78 is 5.18. The normalized spacial score (nSPS) is 13.4. The predicted octanol–water partition coefficient (Wildman–Crippen LogP) is 6.99. The lowest BCUT2D eigenvalue weighted by Gasteiger charge is -2.34. The second kappa shape index (κ2) is 6.14. The van der Waals surface area contributed by atoms with Gasteiger partial charge in [0.15, 0.2) is 0 Å². The van der Waals surface area contributed by atoms with Crippen molar-refractivity contribution in [3.05, 3.63) is 115 Å². The summed E-state index contributed by atoms with van der Waals surface area (Å²) in [6.07, 6.45) is 0. The fraction of sp³-hybridized carbons (Fsp3) is 0. The summed E-state index contributed by atoms with van der Waals surface area (Å²) in [6, 6.07) is 42.9. The number of aromatic nitrogens is 2. The van der Waals surface area contributed by atoms with Crippen molar-refractivity contribution in [2.24, 2.45) is 0 Å². The first-order chi connectivity index (χ1) is 18.4. The average Bonchev–Trinajstić information content (AvgIpc) is 3.49. The highest BCUT2D eigenvalue weighted by Gasteiger charge is 2.42. The fourth-order valence-corrected chi connectivity index (χ4v) is 7.63. The van der Waals surface area contributed by atoms with E-state index >= 15 is 0 Å². The van der Waals surface area contributed by atoms with Crippen LogP contribution in [0.2, 0.25) is 0 Å². The topological polar surface area (TPSA) is 9.86 Å². The van der Waals surface area contributed by atoms with Crippen molar-refractivity contribution < 1.29 is 0 Å². The first-order valence-electron chi connectivity index (χ1n) is 13.0. The molecule has 0 radical (unpaired) electrons. The van der Waals surface area contributed by atoms with Crippen LogP contribution < -0.4 is 10.9 Å². The lowest BCUT2D eigenvalue weighted by atomic mass is 9.45. The molecule has 3 heteroatoms. The van der Waals surface area contributed by atoms with Gasteiger partial charge in [0.1, 0.15) is 0 Å². The Morgan fingerprint density at radius 3 is 2.05 bits per heavy atom. The van der Waals surface area contributed by atoms with Crippen molar-refractivity contribution in [2.45, 2.75) is 0 Å². The average molecular weight is 466 g/mol. The van der Waals surface area contributed by atoms with Crippen LogP contribution in [0.1, 0.15) is 0 Å². The van der Waals surface area contributed by atoms with Crippen LogP contribution in [0.15, 0.2) is 115 Å². The van der Waals surface area contributed by atoms with E-state index in [1.54, 1.807) is 0 Å². The number of fused-ring (bicyclic) bond motifs is 14. The molecule has 2 aliphatic rings. The molecule has 0 fully saturated rings. The van der Waals surface area contributed by atoms with Gasteiger partial charge in [0.05, 0.1) is 11.0 Å². The van der Waals surface area contributed by atoms with E-state index in [1.807, 2.05) is 0 Å². The molecule has 0 amide bonds. The van der Waals surface area contributed by atoms with Gasteiger partial charge in [0.2, 0.25) is 0 Å². The molecular formula is C34H19BN2. The molecule has 10 rings (SSSR count). The van der Waals surface area contributed by atoms with Crippen molar-refractivity contribution in [2.75, 3.05) is 0 Å². The van der Waals surface area contributed by atoms with E-state index in [4.69, 9.17) is 0 Å². The number of hydrogen-bond acceptors (Lipinski definition) is 0. The van der Waals surface area contributed by atoms with E-state index in [0.29, 0.717) is 0 Å². The molecule has 0 unspecified atom stereocenters. The summed E-state index contributed by atoms with van der Waals surface area (Å²) in [5.74, 6) is 0. The zero-order chi connectivity index (χ0) is 23.8. The Labute approximate surface area is 213 Å². The van der Waals surface area contributed by atoms with Gasteiger partial charge in [-0.05, 0) is 45.5 Å². The van der Waals surface area contributed by atoms with Crippen molar-refractivity contribution in [1.82, 2.24) is 9.05 Å². The molecule has 6 aromatic carbocycles. The first kappa shape index (κ1) is 18.5. The summed E-state index contributed by atoms with van der Waals surface area (Å²) in [5, 5.41) is 8.06. The maximum absolute atomic E-state index is 2.64.